The van der Waals surface area contributed by atoms with E-state index in [-0.39, 0.29) is 5.52 Å². The minimum atomic E-state index is -0.481. The molecule has 1 aromatic carbocycles. The Kier molecular flexibility index (Phi) is 4.48. The van der Waals surface area contributed by atoms with Crippen LogP contribution in [0.3, 0.4) is 0 Å². The van der Waals surface area contributed by atoms with Crippen molar-refractivity contribution in [1.29, 1.82) is 0 Å². The van der Waals surface area contributed by atoms with E-state index in [9.17, 15) is 9.59 Å². The van der Waals surface area contributed by atoms with Crippen molar-refractivity contribution in [2.45, 2.75) is 6.54 Å². The van der Waals surface area contributed by atoms with Crippen LogP contribution < -0.4 is 16.1 Å². The molecule has 3 heterocycles. The first kappa shape index (κ1) is 16.8. The maximum Gasteiger partial charge on any atom is 0.329 e. The Bertz CT molecular complexity index is 1050. The van der Waals surface area contributed by atoms with E-state index in [1.165, 1.54) is 4.57 Å². The van der Waals surface area contributed by atoms with Crippen molar-refractivity contribution in [3.05, 3.63) is 68.0 Å². The van der Waals surface area contributed by atoms with Crippen LogP contribution in [0.2, 0.25) is 5.02 Å². The fraction of sp³-hybridized carbons (Fsp3) is 0.278. The summed E-state index contributed by atoms with van der Waals surface area (Å²) in [6, 6.07) is 9.09. The van der Waals surface area contributed by atoms with E-state index in [0.29, 0.717) is 30.3 Å². The van der Waals surface area contributed by atoms with E-state index in [1.807, 2.05) is 18.2 Å². The van der Waals surface area contributed by atoms with Crippen LogP contribution >= 0.6 is 11.6 Å². The number of H-pyrrole nitrogens is 1. The van der Waals surface area contributed by atoms with E-state index in [0.717, 1.165) is 24.3 Å². The molecule has 26 heavy (non-hydrogen) atoms. The highest BCUT2D eigenvalue weighted by Crippen LogP contribution is 2.19. The second kappa shape index (κ2) is 6.93. The van der Waals surface area contributed by atoms with E-state index in [1.54, 1.807) is 18.3 Å². The molecule has 0 unspecified atom stereocenters. The van der Waals surface area contributed by atoms with Gasteiger partial charge in [0.15, 0.2) is 5.52 Å². The Morgan fingerprint density at radius 1 is 1.15 bits per heavy atom. The van der Waals surface area contributed by atoms with Gasteiger partial charge in [-0.2, -0.15) is 0 Å². The summed E-state index contributed by atoms with van der Waals surface area (Å²) in [4.78, 5) is 33.4. The largest absolute Gasteiger partial charge is 0.378 e. The number of ether oxygens (including phenoxy) is 1. The molecule has 0 aliphatic carbocycles. The Labute approximate surface area is 153 Å². The Balaban J connectivity index is 1.83. The van der Waals surface area contributed by atoms with E-state index in [2.05, 4.69) is 14.9 Å². The summed E-state index contributed by atoms with van der Waals surface area (Å²) >= 11 is 5.93. The first-order chi connectivity index (χ1) is 12.6. The molecule has 4 rings (SSSR count). The number of nitrogens with zero attached hydrogens (tertiary/aromatic N) is 3. The number of benzene rings is 1. The molecule has 1 aliphatic heterocycles. The van der Waals surface area contributed by atoms with E-state index >= 15 is 0 Å². The third kappa shape index (κ3) is 3.23. The zero-order valence-corrected chi connectivity index (χ0v) is 14.7. The molecule has 0 atom stereocenters. The predicted molar refractivity (Wildman–Crippen MR) is 100 cm³/mol. The average molecular weight is 373 g/mol. The molecule has 0 radical (unpaired) electrons. The zero-order chi connectivity index (χ0) is 18.1. The van der Waals surface area contributed by atoms with Crippen molar-refractivity contribution in [3.63, 3.8) is 0 Å². The van der Waals surface area contributed by atoms with Crippen LogP contribution in [0.5, 0.6) is 0 Å². The summed E-state index contributed by atoms with van der Waals surface area (Å²) in [6.07, 6.45) is 1.67. The molecule has 7 nitrogen and oxygen atoms in total. The van der Waals surface area contributed by atoms with Gasteiger partial charge in [0.05, 0.1) is 37.2 Å². The average Bonchev–Trinajstić information content (AvgIpc) is 2.67. The normalized spacial score (nSPS) is 14.7. The lowest BCUT2D eigenvalue weighted by molar-refractivity contribution is 0.122. The third-order valence-corrected chi connectivity index (χ3v) is 4.71. The highest BCUT2D eigenvalue weighted by Gasteiger charge is 2.15. The maximum atomic E-state index is 12.4. The van der Waals surface area contributed by atoms with Crippen LogP contribution in [0.1, 0.15) is 5.56 Å². The zero-order valence-electron chi connectivity index (χ0n) is 13.9. The standard InChI is InChI=1S/C18H17ClN4O3/c19-13-3-1-12(2-4-13)11-23-15-9-14(22-5-7-26-8-6-22)10-20-16(15)17(24)21-18(23)25/h1-4,9-10H,5-8,11H2,(H,21,24,25). The monoisotopic (exact) mass is 372 g/mol. The number of nitrogens with one attached hydrogen (secondary N) is 1. The third-order valence-electron chi connectivity index (χ3n) is 4.45. The summed E-state index contributed by atoms with van der Waals surface area (Å²) in [5.41, 5.74) is 1.59. The number of halogens is 1. The number of aromatic nitrogens is 3. The Morgan fingerprint density at radius 3 is 2.62 bits per heavy atom. The minimum absolute atomic E-state index is 0.246. The molecule has 0 bridgehead atoms. The summed E-state index contributed by atoms with van der Waals surface area (Å²) < 4.78 is 6.90. The Morgan fingerprint density at radius 2 is 1.88 bits per heavy atom. The van der Waals surface area contributed by atoms with Crippen LogP contribution in [-0.2, 0) is 11.3 Å². The number of aromatic amines is 1. The topological polar surface area (TPSA) is 80.2 Å². The van der Waals surface area contributed by atoms with Crippen molar-refractivity contribution >= 4 is 28.3 Å². The first-order valence-corrected chi connectivity index (χ1v) is 8.69. The quantitative estimate of drug-likeness (QED) is 0.755. The van der Waals surface area contributed by atoms with Gasteiger partial charge >= 0.3 is 5.69 Å². The van der Waals surface area contributed by atoms with Gasteiger partial charge in [0, 0.05) is 18.1 Å². The van der Waals surface area contributed by atoms with Crippen LogP contribution in [-0.4, -0.2) is 40.8 Å². The number of rotatable bonds is 3. The molecular formula is C18H17ClN4O3. The van der Waals surface area contributed by atoms with Crippen LogP contribution in [0.4, 0.5) is 5.69 Å². The van der Waals surface area contributed by atoms with Crippen molar-refractivity contribution in [3.8, 4) is 0 Å². The van der Waals surface area contributed by atoms with E-state index in [4.69, 9.17) is 16.3 Å². The highest BCUT2D eigenvalue weighted by atomic mass is 35.5. The number of hydrogen-bond acceptors (Lipinski definition) is 5. The molecule has 0 amide bonds. The number of morpholine rings is 1. The molecule has 0 spiro atoms. The number of anilines is 1. The van der Waals surface area contributed by atoms with Crippen molar-refractivity contribution in [2.24, 2.45) is 0 Å². The lowest BCUT2D eigenvalue weighted by atomic mass is 10.2. The summed E-state index contributed by atoms with van der Waals surface area (Å²) in [5, 5.41) is 0.628. The smallest absolute Gasteiger partial charge is 0.329 e. The second-order valence-electron chi connectivity index (χ2n) is 6.13. The second-order valence-corrected chi connectivity index (χ2v) is 6.57. The molecule has 1 saturated heterocycles. The first-order valence-electron chi connectivity index (χ1n) is 8.32. The van der Waals surface area contributed by atoms with Crippen LogP contribution in [0.25, 0.3) is 11.0 Å². The van der Waals surface area contributed by atoms with Gasteiger partial charge in [-0.1, -0.05) is 23.7 Å². The molecular weight excluding hydrogens is 356 g/mol. The predicted octanol–water partition coefficient (Wildman–Crippen LogP) is 1.62. The Hall–Kier alpha value is -2.64. The van der Waals surface area contributed by atoms with E-state index < -0.39 is 11.2 Å². The number of hydrogen-bond donors (Lipinski definition) is 1. The summed E-state index contributed by atoms with van der Waals surface area (Å²) in [5.74, 6) is 0. The van der Waals surface area contributed by atoms with Gasteiger partial charge in [0.1, 0.15) is 0 Å². The molecule has 2 aromatic heterocycles. The number of pyridine rings is 1. The van der Waals surface area contributed by atoms with Gasteiger partial charge in [0.25, 0.3) is 5.56 Å². The van der Waals surface area contributed by atoms with Crippen molar-refractivity contribution in [1.82, 2.24) is 14.5 Å². The van der Waals surface area contributed by atoms with Gasteiger partial charge in [-0.15, -0.1) is 0 Å². The fourth-order valence-electron chi connectivity index (χ4n) is 3.08. The summed E-state index contributed by atoms with van der Waals surface area (Å²) in [6.45, 7) is 3.10. The molecule has 8 heteroatoms. The highest BCUT2D eigenvalue weighted by molar-refractivity contribution is 6.30. The lowest BCUT2D eigenvalue weighted by Crippen LogP contribution is -2.36. The van der Waals surface area contributed by atoms with Crippen LogP contribution in [0.15, 0.2) is 46.1 Å². The molecule has 0 saturated carbocycles. The van der Waals surface area contributed by atoms with Gasteiger partial charge in [-0.3, -0.25) is 14.3 Å². The molecule has 1 aliphatic rings. The van der Waals surface area contributed by atoms with Gasteiger partial charge in [-0.05, 0) is 23.8 Å². The van der Waals surface area contributed by atoms with Crippen LogP contribution in [0, 0.1) is 0 Å². The SMILES string of the molecule is O=c1[nH]c(=O)n(Cc2ccc(Cl)cc2)c2cc(N3CCOCC3)cnc12. The molecule has 134 valence electrons. The van der Waals surface area contributed by atoms with Gasteiger partial charge in [-0.25, -0.2) is 9.78 Å². The lowest BCUT2D eigenvalue weighted by Gasteiger charge is -2.28. The van der Waals surface area contributed by atoms with Gasteiger partial charge < -0.3 is 9.64 Å². The summed E-state index contributed by atoms with van der Waals surface area (Å²) in [7, 11) is 0. The fourth-order valence-corrected chi connectivity index (χ4v) is 3.21. The number of fused-ring (bicyclic) bond motifs is 1. The molecule has 1 fully saturated rings. The van der Waals surface area contributed by atoms with Crippen molar-refractivity contribution in [2.75, 3.05) is 31.2 Å². The molecule has 3 aromatic rings. The van der Waals surface area contributed by atoms with Gasteiger partial charge in [0.2, 0.25) is 0 Å². The molecule has 1 N–H and O–H groups in total. The maximum absolute atomic E-state index is 12.4. The van der Waals surface area contributed by atoms with Crippen molar-refractivity contribution < 1.29 is 4.74 Å². The minimum Gasteiger partial charge on any atom is -0.378 e.